The molecular formula is C20H25N5O2. The molecule has 1 aliphatic heterocycles. The third kappa shape index (κ3) is 5.52. The minimum atomic E-state index is -0.637. The van der Waals surface area contributed by atoms with Crippen molar-refractivity contribution in [2.45, 2.75) is 19.5 Å². The van der Waals surface area contributed by atoms with Crippen molar-refractivity contribution in [1.82, 2.24) is 20.1 Å². The predicted octanol–water partition coefficient (Wildman–Crippen LogP) is 1.94. The Kier molecular flexibility index (Phi) is 6.38. The van der Waals surface area contributed by atoms with E-state index in [-0.39, 0.29) is 11.9 Å². The average molecular weight is 367 g/mol. The molecule has 7 heteroatoms. The molecule has 0 bridgehead atoms. The second kappa shape index (κ2) is 9.14. The number of aromatic nitrogens is 1. The van der Waals surface area contributed by atoms with Crippen LogP contribution < -0.4 is 10.6 Å². The lowest BCUT2D eigenvalue weighted by Gasteiger charge is -2.35. The molecule has 1 aliphatic rings. The van der Waals surface area contributed by atoms with Crippen LogP contribution in [-0.4, -0.2) is 58.9 Å². The van der Waals surface area contributed by atoms with E-state index in [0.717, 1.165) is 19.6 Å². The van der Waals surface area contributed by atoms with Crippen molar-refractivity contribution in [3.05, 3.63) is 60.3 Å². The van der Waals surface area contributed by atoms with Crippen molar-refractivity contribution in [1.29, 1.82) is 0 Å². The number of amides is 3. The van der Waals surface area contributed by atoms with Crippen LogP contribution in [0.2, 0.25) is 0 Å². The zero-order chi connectivity index (χ0) is 19.1. The molecule has 2 heterocycles. The van der Waals surface area contributed by atoms with E-state index >= 15 is 0 Å². The van der Waals surface area contributed by atoms with Gasteiger partial charge in [-0.1, -0.05) is 36.4 Å². The zero-order valence-electron chi connectivity index (χ0n) is 15.5. The maximum Gasteiger partial charge on any atom is 0.318 e. The molecule has 2 N–H and O–H groups in total. The first-order valence-electron chi connectivity index (χ1n) is 9.15. The van der Waals surface area contributed by atoms with Crippen LogP contribution in [0.3, 0.4) is 0 Å². The molecular weight excluding hydrogens is 342 g/mol. The highest BCUT2D eigenvalue weighted by molar-refractivity contribution is 5.96. The lowest BCUT2D eigenvalue weighted by molar-refractivity contribution is -0.117. The van der Waals surface area contributed by atoms with Crippen LogP contribution >= 0.6 is 0 Å². The van der Waals surface area contributed by atoms with Gasteiger partial charge in [-0.15, -0.1) is 0 Å². The van der Waals surface area contributed by atoms with Crippen molar-refractivity contribution in [3.8, 4) is 0 Å². The van der Waals surface area contributed by atoms with E-state index in [1.54, 1.807) is 36.2 Å². The second-order valence-electron chi connectivity index (χ2n) is 6.62. The molecule has 2 aromatic rings. The summed E-state index contributed by atoms with van der Waals surface area (Å²) in [5.41, 5.74) is 1.27. The van der Waals surface area contributed by atoms with Crippen LogP contribution in [0.5, 0.6) is 0 Å². The smallest absolute Gasteiger partial charge is 0.318 e. The van der Waals surface area contributed by atoms with Gasteiger partial charge in [0.25, 0.3) is 0 Å². The summed E-state index contributed by atoms with van der Waals surface area (Å²) < 4.78 is 0. The molecule has 1 saturated heterocycles. The maximum atomic E-state index is 12.4. The van der Waals surface area contributed by atoms with Crippen LogP contribution in [0.15, 0.2) is 54.7 Å². The first-order valence-corrected chi connectivity index (χ1v) is 9.15. The maximum absolute atomic E-state index is 12.4. The summed E-state index contributed by atoms with van der Waals surface area (Å²) >= 11 is 0. The summed E-state index contributed by atoms with van der Waals surface area (Å²) in [4.78, 5) is 32.8. The Bertz CT molecular complexity index is 745. The molecule has 27 heavy (non-hydrogen) atoms. The number of urea groups is 1. The van der Waals surface area contributed by atoms with Gasteiger partial charge >= 0.3 is 6.03 Å². The first kappa shape index (κ1) is 18.8. The fourth-order valence-electron chi connectivity index (χ4n) is 2.96. The summed E-state index contributed by atoms with van der Waals surface area (Å²) in [6, 6.07) is 14.7. The molecule has 0 spiro atoms. The largest absolute Gasteiger partial charge is 0.326 e. The van der Waals surface area contributed by atoms with Gasteiger partial charge in [0.1, 0.15) is 11.9 Å². The van der Waals surface area contributed by atoms with E-state index in [2.05, 4.69) is 32.7 Å². The summed E-state index contributed by atoms with van der Waals surface area (Å²) in [6.07, 6.45) is 1.60. The van der Waals surface area contributed by atoms with Gasteiger partial charge in [-0.2, -0.15) is 0 Å². The topological polar surface area (TPSA) is 77.6 Å². The molecule has 3 rings (SSSR count). The number of carbonyl (C=O) groups is 2. The number of carbonyl (C=O) groups excluding carboxylic acids is 2. The summed E-state index contributed by atoms with van der Waals surface area (Å²) in [5, 5.41) is 5.46. The Hall–Kier alpha value is -2.93. The highest BCUT2D eigenvalue weighted by Gasteiger charge is 2.24. The fourth-order valence-corrected chi connectivity index (χ4v) is 2.96. The van der Waals surface area contributed by atoms with Gasteiger partial charge in [-0.25, -0.2) is 9.78 Å². The Morgan fingerprint density at radius 1 is 1.04 bits per heavy atom. The van der Waals surface area contributed by atoms with Crippen molar-refractivity contribution >= 4 is 17.8 Å². The Morgan fingerprint density at radius 2 is 1.74 bits per heavy atom. The zero-order valence-corrected chi connectivity index (χ0v) is 15.5. The van der Waals surface area contributed by atoms with Gasteiger partial charge in [0.05, 0.1) is 0 Å². The third-order valence-electron chi connectivity index (χ3n) is 4.56. The highest BCUT2D eigenvalue weighted by Crippen LogP contribution is 2.09. The fraction of sp³-hybridized carbons (Fsp3) is 0.350. The Morgan fingerprint density at radius 3 is 2.41 bits per heavy atom. The first-order chi connectivity index (χ1) is 13.1. The monoisotopic (exact) mass is 367 g/mol. The van der Waals surface area contributed by atoms with E-state index < -0.39 is 6.04 Å². The predicted molar refractivity (Wildman–Crippen MR) is 104 cm³/mol. The highest BCUT2D eigenvalue weighted by atomic mass is 16.2. The van der Waals surface area contributed by atoms with Gasteiger partial charge < -0.3 is 15.5 Å². The number of pyridine rings is 1. The molecule has 7 nitrogen and oxygen atoms in total. The summed E-state index contributed by atoms with van der Waals surface area (Å²) in [6.45, 7) is 5.48. The molecule has 1 aromatic carbocycles. The van der Waals surface area contributed by atoms with Crippen molar-refractivity contribution in [3.63, 3.8) is 0 Å². The number of hydrogen-bond acceptors (Lipinski definition) is 4. The number of anilines is 1. The quantitative estimate of drug-likeness (QED) is 0.847. The van der Waals surface area contributed by atoms with Crippen molar-refractivity contribution in [2.75, 3.05) is 31.5 Å². The van der Waals surface area contributed by atoms with E-state index in [4.69, 9.17) is 0 Å². The molecule has 0 radical (unpaired) electrons. The van der Waals surface area contributed by atoms with Crippen LogP contribution in [0.1, 0.15) is 12.5 Å². The number of nitrogens with zero attached hydrogens (tertiary/aromatic N) is 3. The third-order valence-corrected chi connectivity index (χ3v) is 4.56. The normalized spacial score (nSPS) is 15.8. The Labute approximate surface area is 159 Å². The van der Waals surface area contributed by atoms with Gasteiger partial charge in [0.15, 0.2) is 0 Å². The molecule has 142 valence electrons. The van der Waals surface area contributed by atoms with Crippen molar-refractivity contribution in [2.24, 2.45) is 0 Å². The van der Waals surface area contributed by atoms with Crippen LogP contribution in [0, 0.1) is 0 Å². The number of rotatable bonds is 5. The number of benzene rings is 1. The van der Waals surface area contributed by atoms with Gasteiger partial charge in [0, 0.05) is 38.9 Å². The summed E-state index contributed by atoms with van der Waals surface area (Å²) in [7, 11) is 0. The van der Waals surface area contributed by atoms with E-state index in [0.29, 0.717) is 18.9 Å². The number of hydrogen-bond donors (Lipinski definition) is 2. The molecule has 1 fully saturated rings. The van der Waals surface area contributed by atoms with E-state index in [1.165, 1.54) is 5.56 Å². The van der Waals surface area contributed by atoms with E-state index in [1.807, 2.05) is 18.2 Å². The minimum absolute atomic E-state index is 0.210. The average Bonchev–Trinajstić information content (AvgIpc) is 2.70. The SMILES string of the molecule is C[C@H](NC(=O)N1CCN(Cc2ccccc2)CC1)C(=O)Nc1ccccn1. The van der Waals surface area contributed by atoms with Crippen LogP contribution in [0.4, 0.5) is 10.6 Å². The lowest BCUT2D eigenvalue weighted by atomic mass is 10.2. The van der Waals surface area contributed by atoms with Gasteiger partial charge in [-0.3, -0.25) is 9.69 Å². The van der Waals surface area contributed by atoms with Gasteiger partial charge in [-0.05, 0) is 24.6 Å². The number of piperazine rings is 1. The van der Waals surface area contributed by atoms with E-state index in [9.17, 15) is 9.59 Å². The molecule has 0 saturated carbocycles. The van der Waals surface area contributed by atoms with Crippen LogP contribution in [-0.2, 0) is 11.3 Å². The standard InChI is InChI=1S/C20H25N5O2/c1-16(19(26)23-18-9-5-6-10-21-18)22-20(27)25-13-11-24(12-14-25)15-17-7-3-2-4-8-17/h2-10,16H,11-15H2,1H3,(H,22,27)(H,21,23,26)/t16-/m0/s1. The molecule has 0 aliphatic carbocycles. The molecule has 0 unspecified atom stereocenters. The Balaban J connectivity index is 1.43. The second-order valence-corrected chi connectivity index (χ2v) is 6.62. The minimum Gasteiger partial charge on any atom is -0.326 e. The molecule has 1 atom stereocenters. The van der Waals surface area contributed by atoms with Crippen molar-refractivity contribution < 1.29 is 9.59 Å². The lowest BCUT2D eigenvalue weighted by Crippen LogP contribution is -2.54. The molecule has 1 aromatic heterocycles. The molecule has 3 amide bonds. The summed E-state index contributed by atoms with van der Waals surface area (Å²) in [5.74, 6) is 0.183. The number of nitrogens with one attached hydrogen (secondary N) is 2. The van der Waals surface area contributed by atoms with Gasteiger partial charge in [0.2, 0.25) is 5.91 Å². The van der Waals surface area contributed by atoms with Crippen LogP contribution in [0.25, 0.3) is 0 Å².